The van der Waals surface area contributed by atoms with Crippen LogP contribution in [-0.4, -0.2) is 96.0 Å². The normalized spacial score (nSPS) is 13.5. The Morgan fingerprint density at radius 2 is 0.781 bits per heavy atom. The van der Waals surface area contributed by atoms with E-state index >= 15 is 0 Å². The van der Waals surface area contributed by atoms with Crippen molar-refractivity contribution in [2.45, 2.75) is 216 Å². The summed E-state index contributed by atoms with van der Waals surface area (Å²) < 4.78 is 71.6. The third-order valence-electron chi connectivity index (χ3n) is 9.90. The quantitative estimate of drug-likeness (QED) is 0.0205. The number of carbonyl (C=O) groups excluding carboxylic acids is 4. The molecule has 0 aromatic rings. The van der Waals surface area contributed by atoms with Gasteiger partial charge in [0.25, 0.3) is 20.2 Å². The summed E-state index contributed by atoms with van der Waals surface area (Å²) in [5, 5.41) is 36.5. The average Bonchev–Trinajstić information content (AvgIpc) is 3.19. The number of hydrogen-bond acceptors (Lipinski definition) is 14. The maximum atomic E-state index is 11.6. The number of esters is 2. The standard InChI is InChI=1S/2C22H40O8S.2Na/c2*1-2-3-4-12-15-19(23)16-13-10-8-6-5-7-9-11-14-17-30-22(26)20(18-21(24)25)31(27,28)29;;/h2*10,13,19-20,23H,2-9,11-12,14-18H2,1H3,(H,24,25)(H,27,28,29);;/q;;2*+1/p-2/b2*13-10-;;/t2*19-,20?;;/m11../s1. The van der Waals surface area contributed by atoms with Gasteiger partial charge in [-0.15, -0.1) is 0 Å². The topological polar surface area (TPSA) is 282 Å². The van der Waals surface area contributed by atoms with Gasteiger partial charge in [-0.25, -0.2) is 0 Å². The number of rotatable bonds is 40. The molecule has 0 spiro atoms. The molecule has 0 rings (SSSR count). The van der Waals surface area contributed by atoms with Crippen molar-refractivity contribution in [3.63, 3.8) is 0 Å². The van der Waals surface area contributed by atoms with Crippen molar-refractivity contribution in [3.05, 3.63) is 24.3 Å². The molecule has 0 aliphatic rings. The average molecular weight is 973 g/mol. The summed E-state index contributed by atoms with van der Waals surface area (Å²) in [7, 11) is -9.70. The first kappa shape index (κ1) is 69.7. The van der Waals surface area contributed by atoms with E-state index in [1.165, 1.54) is 38.5 Å². The number of aliphatic carboxylic acids is 2. The van der Waals surface area contributed by atoms with Crippen molar-refractivity contribution in [1.82, 2.24) is 0 Å². The fourth-order valence-electron chi connectivity index (χ4n) is 6.19. The number of aliphatic hydroxyl groups excluding tert-OH is 2. The number of carboxylic acids is 2. The molecule has 0 aromatic heterocycles. The van der Waals surface area contributed by atoms with Crippen LogP contribution in [0.2, 0.25) is 0 Å². The van der Waals surface area contributed by atoms with Crippen LogP contribution in [0.1, 0.15) is 194 Å². The molecule has 2 unspecified atom stereocenters. The Bertz CT molecular complexity index is 1350. The monoisotopic (exact) mass is 972 g/mol. The van der Waals surface area contributed by atoms with Crippen LogP contribution >= 0.6 is 0 Å². The van der Waals surface area contributed by atoms with Crippen molar-refractivity contribution in [1.29, 1.82) is 0 Å². The Kier molecular flexibility index (Phi) is 49.9. The number of carbonyl (C=O) groups is 4. The summed E-state index contributed by atoms with van der Waals surface area (Å²) >= 11 is 0. The molecule has 20 heteroatoms. The van der Waals surface area contributed by atoms with Crippen LogP contribution < -0.4 is 69.3 Å². The Labute approximate surface area is 428 Å². The van der Waals surface area contributed by atoms with E-state index in [1.807, 2.05) is 0 Å². The molecule has 0 aliphatic carbocycles. The van der Waals surface area contributed by atoms with Crippen LogP contribution in [0.5, 0.6) is 0 Å². The van der Waals surface area contributed by atoms with Gasteiger partial charge in [0.2, 0.25) is 0 Å². The van der Waals surface area contributed by atoms with Crippen LogP contribution in [0.3, 0.4) is 0 Å². The molecule has 364 valence electrons. The first-order valence-electron chi connectivity index (χ1n) is 22.7. The molecule has 4 atom stereocenters. The molecule has 4 N–H and O–H groups in total. The minimum atomic E-state index is -4.85. The number of aliphatic hydroxyl groups is 2. The summed E-state index contributed by atoms with van der Waals surface area (Å²) in [5.41, 5.74) is 0. The molecule has 0 saturated carbocycles. The molecule has 0 amide bonds. The van der Waals surface area contributed by atoms with Crippen LogP contribution in [0.4, 0.5) is 0 Å². The van der Waals surface area contributed by atoms with E-state index in [2.05, 4.69) is 38.2 Å². The van der Waals surface area contributed by atoms with Crippen molar-refractivity contribution < 1.29 is 134 Å². The zero-order valence-electron chi connectivity index (χ0n) is 39.3. The Morgan fingerprint density at radius 3 is 1.08 bits per heavy atom. The van der Waals surface area contributed by atoms with E-state index in [9.17, 15) is 56.4 Å². The van der Waals surface area contributed by atoms with E-state index in [4.69, 9.17) is 18.6 Å². The third-order valence-corrected chi connectivity index (χ3v) is 12.1. The van der Waals surface area contributed by atoms with Crippen molar-refractivity contribution in [2.75, 3.05) is 13.2 Å². The summed E-state index contributed by atoms with van der Waals surface area (Å²) in [6, 6.07) is 0. The molecule has 64 heavy (non-hydrogen) atoms. The van der Waals surface area contributed by atoms with Crippen LogP contribution in [-0.2, 0) is 48.9 Å². The Hall–Kier alpha value is -0.900. The first-order valence-corrected chi connectivity index (χ1v) is 25.7. The molecule has 0 aromatic carbocycles. The predicted octanol–water partition coefficient (Wildman–Crippen LogP) is -0.123. The maximum Gasteiger partial charge on any atom is 1.00 e. The summed E-state index contributed by atoms with van der Waals surface area (Å²) in [5.74, 6) is -6.06. The van der Waals surface area contributed by atoms with Crippen molar-refractivity contribution in [3.8, 4) is 0 Å². The summed E-state index contributed by atoms with van der Waals surface area (Å²) in [4.78, 5) is 44.3. The molecule has 0 fully saturated rings. The van der Waals surface area contributed by atoms with Gasteiger partial charge in [0.1, 0.15) is 0 Å². The Morgan fingerprint density at radius 1 is 0.484 bits per heavy atom. The van der Waals surface area contributed by atoms with Gasteiger partial charge < -0.3 is 39.5 Å². The van der Waals surface area contributed by atoms with Crippen LogP contribution in [0.15, 0.2) is 24.3 Å². The molecule has 0 radical (unpaired) electrons. The van der Waals surface area contributed by atoms with Gasteiger partial charge >= 0.3 is 71.1 Å². The smallest absolute Gasteiger partial charge is 0.550 e. The predicted molar refractivity (Wildman–Crippen MR) is 234 cm³/mol. The summed E-state index contributed by atoms with van der Waals surface area (Å²) in [6.45, 7) is 4.29. The summed E-state index contributed by atoms with van der Waals surface area (Å²) in [6.07, 6.45) is 31.0. The van der Waals surface area contributed by atoms with Crippen molar-refractivity contribution >= 4 is 44.1 Å². The maximum absolute atomic E-state index is 11.6. The fraction of sp³-hybridized carbons (Fsp3) is 0.818. The van der Waals surface area contributed by atoms with E-state index in [0.29, 0.717) is 25.7 Å². The minimum absolute atomic E-state index is 0. The second kappa shape index (κ2) is 45.9. The molecule has 16 nitrogen and oxygen atoms in total. The number of unbranched alkanes of at least 4 members (excludes halogenated alkanes) is 18. The number of ether oxygens (including phenoxy) is 2. The molecule has 0 bridgehead atoms. The zero-order valence-corrected chi connectivity index (χ0v) is 45.0. The number of carboxylic acid groups (broad SMARTS) is 2. The van der Waals surface area contributed by atoms with Crippen LogP contribution in [0.25, 0.3) is 0 Å². The molecular formula is C44H78Na2O16S2. The van der Waals surface area contributed by atoms with Gasteiger partial charge in [-0.3, -0.25) is 18.7 Å². The SMILES string of the molecule is CCCCCC[C@@H](O)C/C=C\CCCCCCCCOC(=O)C(CC(=O)[O-])S(=O)(=O)O.CCCCCC[C@@H](O)C/C=C\CCCCCCCCOC(=O)C(CC(=O)[O-])S(=O)(=O)O.[Na+].[Na+]. The second-order valence-corrected chi connectivity index (χ2v) is 18.9. The Balaban J connectivity index is -0.000000545. The van der Waals surface area contributed by atoms with Gasteiger partial charge in [-0.05, 0) is 64.2 Å². The van der Waals surface area contributed by atoms with Gasteiger partial charge in [0.15, 0.2) is 10.5 Å². The zero-order chi connectivity index (χ0) is 47.1. The van der Waals surface area contributed by atoms with Gasteiger partial charge in [-0.2, -0.15) is 16.8 Å². The van der Waals surface area contributed by atoms with E-state index in [0.717, 1.165) is 103 Å². The van der Waals surface area contributed by atoms with Crippen molar-refractivity contribution in [2.24, 2.45) is 0 Å². The van der Waals surface area contributed by atoms with Gasteiger partial charge in [-0.1, -0.05) is 141 Å². The number of hydrogen-bond donors (Lipinski definition) is 4. The third kappa shape index (κ3) is 46.2. The first-order chi connectivity index (χ1) is 29.4. The van der Waals surface area contributed by atoms with Gasteiger partial charge in [0, 0.05) is 24.8 Å². The molecule has 0 aliphatic heterocycles. The number of allylic oxidation sites excluding steroid dienone is 2. The second-order valence-electron chi connectivity index (χ2n) is 15.7. The van der Waals surface area contributed by atoms with Gasteiger partial charge in [0.05, 0.1) is 25.4 Å². The van der Waals surface area contributed by atoms with E-state index < -0.39 is 67.5 Å². The molecule has 0 saturated heterocycles. The largest absolute Gasteiger partial charge is 1.00 e. The van der Waals surface area contributed by atoms with E-state index in [1.54, 1.807) is 0 Å². The minimum Gasteiger partial charge on any atom is -0.550 e. The van der Waals surface area contributed by atoms with E-state index in [-0.39, 0.29) is 84.5 Å². The fourth-order valence-corrected chi connectivity index (χ4v) is 7.50. The molecule has 0 heterocycles. The van der Waals surface area contributed by atoms with Crippen LogP contribution in [0, 0.1) is 0 Å². The molecular weight excluding hydrogens is 895 g/mol.